The molecule has 3 rings (SSSR count). The summed E-state index contributed by atoms with van der Waals surface area (Å²) in [7, 11) is 3.86. The van der Waals surface area contributed by atoms with E-state index in [2.05, 4.69) is 28.6 Å². The molecule has 1 N–H and O–H groups in total. The Hall–Kier alpha value is -3.60. The normalized spacial score (nSPS) is 10.7. The van der Waals surface area contributed by atoms with Gasteiger partial charge < -0.3 is 10.2 Å². The van der Waals surface area contributed by atoms with E-state index in [4.69, 9.17) is 0 Å². The molecule has 0 atom stereocenters. The molecule has 0 spiro atoms. The molecule has 5 heteroatoms. The van der Waals surface area contributed by atoms with Crippen molar-refractivity contribution < 1.29 is 0 Å². The number of aromatic nitrogens is 2. The van der Waals surface area contributed by atoms with E-state index in [0.717, 1.165) is 34.0 Å². The molecule has 0 saturated carbocycles. The van der Waals surface area contributed by atoms with Crippen molar-refractivity contribution in [3.63, 3.8) is 0 Å². The molecule has 5 nitrogen and oxygen atoms in total. The number of para-hydroxylation sites is 1. The largest absolute Gasteiger partial charge is 0.354 e. The minimum Gasteiger partial charge on any atom is -0.354 e. The van der Waals surface area contributed by atoms with Gasteiger partial charge in [-0.05, 0) is 35.9 Å². The van der Waals surface area contributed by atoms with Crippen LogP contribution in [0.1, 0.15) is 11.3 Å². The predicted molar refractivity (Wildman–Crippen MR) is 115 cm³/mol. The van der Waals surface area contributed by atoms with Crippen LogP contribution in [0.25, 0.3) is 11.8 Å². The molecule has 1 aromatic heterocycles. The minimum atomic E-state index is 0.776. The average Bonchev–Trinajstić information content (AvgIpc) is 3.13. The standard InChI is InChI=1S/C22H23N5/c1-5-18-11-12-19(25-17(2)22-13-14-24-27(22)4)15-21(18)23-16-26(3)20-9-7-6-8-10-20/h5-16,25H,1-2H2,3-4H3/b23-16-. The lowest BCUT2D eigenvalue weighted by molar-refractivity contribution is 0.756. The predicted octanol–water partition coefficient (Wildman–Crippen LogP) is 4.94. The highest BCUT2D eigenvalue weighted by Crippen LogP contribution is 2.27. The first kappa shape index (κ1) is 18.2. The van der Waals surface area contributed by atoms with E-state index in [-0.39, 0.29) is 0 Å². The third-order valence-electron chi connectivity index (χ3n) is 4.21. The number of hydrogen-bond donors (Lipinski definition) is 1. The van der Waals surface area contributed by atoms with Crippen LogP contribution in [-0.2, 0) is 7.05 Å². The van der Waals surface area contributed by atoms with Crippen LogP contribution in [0.4, 0.5) is 17.1 Å². The Labute approximate surface area is 160 Å². The Morgan fingerprint density at radius 3 is 2.63 bits per heavy atom. The van der Waals surface area contributed by atoms with Crippen LogP contribution in [-0.4, -0.2) is 23.2 Å². The van der Waals surface area contributed by atoms with E-state index in [1.807, 2.05) is 73.6 Å². The maximum absolute atomic E-state index is 4.64. The number of nitrogens with one attached hydrogen (secondary N) is 1. The minimum absolute atomic E-state index is 0.776. The molecular formula is C22H23N5. The topological polar surface area (TPSA) is 45.5 Å². The lowest BCUT2D eigenvalue weighted by atomic mass is 10.1. The second-order valence-corrected chi connectivity index (χ2v) is 6.11. The van der Waals surface area contributed by atoms with Gasteiger partial charge in [0.2, 0.25) is 0 Å². The van der Waals surface area contributed by atoms with Crippen molar-refractivity contribution >= 4 is 35.2 Å². The highest BCUT2D eigenvalue weighted by atomic mass is 15.3. The van der Waals surface area contributed by atoms with Gasteiger partial charge in [-0.25, -0.2) is 4.99 Å². The Bertz CT molecular complexity index is 969. The van der Waals surface area contributed by atoms with Crippen molar-refractivity contribution in [1.82, 2.24) is 9.78 Å². The summed E-state index contributed by atoms with van der Waals surface area (Å²) >= 11 is 0. The zero-order valence-corrected chi connectivity index (χ0v) is 15.6. The number of benzene rings is 2. The number of aryl methyl sites for hydroxylation is 1. The zero-order valence-electron chi connectivity index (χ0n) is 15.6. The molecule has 3 aromatic rings. The molecule has 0 aliphatic carbocycles. The molecule has 0 fully saturated rings. The van der Waals surface area contributed by atoms with Gasteiger partial charge in [0.25, 0.3) is 0 Å². The Kier molecular flexibility index (Phi) is 5.52. The molecule has 0 radical (unpaired) electrons. The number of nitrogens with zero attached hydrogens (tertiary/aromatic N) is 4. The summed E-state index contributed by atoms with van der Waals surface area (Å²) in [5, 5.41) is 7.49. The smallest absolute Gasteiger partial charge is 0.0954 e. The number of hydrogen-bond acceptors (Lipinski definition) is 3. The SMILES string of the molecule is C=Cc1ccc(NC(=C)c2ccnn2C)cc1/N=C\N(C)c1ccccc1. The summed E-state index contributed by atoms with van der Waals surface area (Å²) in [6.45, 7) is 7.98. The highest BCUT2D eigenvalue weighted by Gasteiger charge is 2.06. The molecule has 0 amide bonds. The maximum Gasteiger partial charge on any atom is 0.0954 e. The van der Waals surface area contributed by atoms with Gasteiger partial charge >= 0.3 is 0 Å². The quantitative estimate of drug-likeness (QED) is 0.481. The van der Waals surface area contributed by atoms with Gasteiger partial charge in [0.15, 0.2) is 0 Å². The molecule has 0 saturated heterocycles. The molecule has 0 aliphatic rings. The van der Waals surface area contributed by atoms with E-state index in [9.17, 15) is 0 Å². The first-order chi connectivity index (χ1) is 13.1. The summed E-state index contributed by atoms with van der Waals surface area (Å²) < 4.78 is 1.78. The van der Waals surface area contributed by atoms with Crippen molar-refractivity contribution in [3.8, 4) is 0 Å². The third kappa shape index (κ3) is 4.33. The second-order valence-electron chi connectivity index (χ2n) is 6.11. The summed E-state index contributed by atoms with van der Waals surface area (Å²) in [4.78, 5) is 6.62. The molecule has 1 heterocycles. The molecule has 0 bridgehead atoms. The van der Waals surface area contributed by atoms with Gasteiger partial charge in [0.05, 0.1) is 23.4 Å². The van der Waals surface area contributed by atoms with Gasteiger partial charge in [-0.3, -0.25) is 4.68 Å². The van der Waals surface area contributed by atoms with Crippen LogP contribution >= 0.6 is 0 Å². The number of anilines is 2. The third-order valence-corrected chi connectivity index (χ3v) is 4.21. The zero-order chi connectivity index (χ0) is 19.2. The monoisotopic (exact) mass is 357 g/mol. The van der Waals surface area contributed by atoms with Gasteiger partial charge in [-0.1, -0.05) is 43.5 Å². The van der Waals surface area contributed by atoms with E-state index < -0.39 is 0 Å². The lowest BCUT2D eigenvalue weighted by Crippen LogP contribution is -2.13. The van der Waals surface area contributed by atoms with Crippen molar-refractivity contribution in [2.45, 2.75) is 0 Å². The summed E-state index contributed by atoms with van der Waals surface area (Å²) in [5.41, 5.74) is 5.47. The average molecular weight is 357 g/mol. The van der Waals surface area contributed by atoms with Gasteiger partial charge in [0.1, 0.15) is 0 Å². The fraction of sp³-hybridized carbons (Fsp3) is 0.0909. The van der Waals surface area contributed by atoms with Crippen molar-refractivity contribution in [3.05, 3.63) is 85.2 Å². The van der Waals surface area contributed by atoms with Gasteiger partial charge in [0, 0.05) is 31.7 Å². The molecule has 136 valence electrons. The Morgan fingerprint density at radius 2 is 1.96 bits per heavy atom. The van der Waals surface area contributed by atoms with Crippen LogP contribution in [0.5, 0.6) is 0 Å². The van der Waals surface area contributed by atoms with Crippen molar-refractivity contribution in [2.75, 3.05) is 17.3 Å². The van der Waals surface area contributed by atoms with Crippen LogP contribution < -0.4 is 10.2 Å². The van der Waals surface area contributed by atoms with Crippen LogP contribution in [0.3, 0.4) is 0 Å². The fourth-order valence-electron chi connectivity index (χ4n) is 2.69. The maximum atomic E-state index is 4.64. The van der Waals surface area contributed by atoms with E-state index >= 15 is 0 Å². The molecule has 0 unspecified atom stereocenters. The summed E-state index contributed by atoms with van der Waals surface area (Å²) in [5.74, 6) is 0. The molecule has 0 aliphatic heterocycles. The lowest BCUT2D eigenvalue weighted by Gasteiger charge is -2.14. The second kappa shape index (κ2) is 8.19. The van der Waals surface area contributed by atoms with Gasteiger partial charge in [-0.2, -0.15) is 5.10 Å². The van der Waals surface area contributed by atoms with Crippen molar-refractivity contribution in [2.24, 2.45) is 12.0 Å². The van der Waals surface area contributed by atoms with Crippen LogP contribution in [0.15, 0.2) is 78.9 Å². The molecular weight excluding hydrogens is 334 g/mol. The van der Waals surface area contributed by atoms with Crippen LogP contribution in [0.2, 0.25) is 0 Å². The van der Waals surface area contributed by atoms with Crippen molar-refractivity contribution in [1.29, 1.82) is 0 Å². The van der Waals surface area contributed by atoms with E-state index in [1.54, 1.807) is 23.3 Å². The number of aliphatic imine (C=N–C) groups is 1. The van der Waals surface area contributed by atoms with Gasteiger partial charge in [-0.15, -0.1) is 0 Å². The summed E-state index contributed by atoms with van der Waals surface area (Å²) in [6, 6.07) is 17.9. The molecule has 2 aromatic carbocycles. The first-order valence-electron chi connectivity index (χ1n) is 8.61. The Balaban J connectivity index is 1.81. The highest BCUT2D eigenvalue weighted by molar-refractivity contribution is 5.83. The first-order valence-corrected chi connectivity index (χ1v) is 8.61. The summed E-state index contributed by atoms with van der Waals surface area (Å²) in [6.07, 6.45) is 5.35. The van der Waals surface area contributed by atoms with E-state index in [1.165, 1.54) is 0 Å². The van der Waals surface area contributed by atoms with Crippen LogP contribution in [0, 0.1) is 0 Å². The van der Waals surface area contributed by atoms with E-state index in [0.29, 0.717) is 0 Å². The fourth-order valence-corrected chi connectivity index (χ4v) is 2.69. The number of rotatable bonds is 7. The molecule has 27 heavy (non-hydrogen) atoms. The Morgan fingerprint density at radius 1 is 1.19 bits per heavy atom.